The van der Waals surface area contributed by atoms with Crippen LogP contribution in [0.15, 0.2) is 148 Å². The van der Waals surface area contributed by atoms with E-state index in [-0.39, 0.29) is 34.4 Å². The van der Waals surface area contributed by atoms with Crippen LogP contribution < -0.4 is 10.4 Å². The van der Waals surface area contributed by atoms with E-state index in [0.717, 1.165) is 59.0 Å². The van der Waals surface area contributed by atoms with Crippen LogP contribution in [0.25, 0.3) is 11.0 Å². The van der Waals surface area contributed by atoms with Gasteiger partial charge in [-0.05, 0) is 141 Å². The minimum absolute atomic E-state index is 0.0198. The van der Waals surface area contributed by atoms with Crippen molar-refractivity contribution in [3.63, 3.8) is 0 Å². The molecule has 0 radical (unpaired) electrons. The highest BCUT2D eigenvalue weighted by Gasteiger charge is 2.49. The first-order valence-corrected chi connectivity index (χ1v) is 22.2. The fraction of sp³-hybridized carbons (Fsp3) is 0.444. The Bertz CT molecular complexity index is 2310. The number of rotatable bonds is 10. The van der Waals surface area contributed by atoms with Gasteiger partial charge >= 0.3 is 0 Å². The molecule has 0 N–H and O–H groups in total. The van der Waals surface area contributed by atoms with Crippen LogP contribution >= 0.6 is 0 Å². The van der Waals surface area contributed by atoms with Gasteiger partial charge in [0.2, 0.25) is 12.6 Å². The summed E-state index contributed by atoms with van der Waals surface area (Å²) in [5.41, 5.74) is 13.6. The molecule has 6 aliphatic rings. The number of benzene rings is 1. The number of nitrogens with zero attached hydrogens (tertiary/aromatic N) is 3. The highest BCUT2D eigenvalue weighted by molar-refractivity contribution is 6.88. The lowest BCUT2D eigenvalue weighted by Crippen LogP contribution is -2.47. The fourth-order valence-electron chi connectivity index (χ4n) is 9.58. The molecule has 5 heteroatoms. The predicted molar refractivity (Wildman–Crippen MR) is 255 cm³/mol. The molecule has 1 atom stereocenters. The van der Waals surface area contributed by atoms with Crippen molar-refractivity contribution in [2.45, 2.75) is 145 Å². The van der Waals surface area contributed by atoms with Gasteiger partial charge in [-0.1, -0.05) is 123 Å². The van der Waals surface area contributed by atoms with Crippen molar-refractivity contribution >= 4 is 29.0 Å². The van der Waals surface area contributed by atoms with Gasteiger partial charge in [-0.3, -0.25) is 4.90 Å². The lowest BCUT2D eigenvalue weighted by atomic mass is 9.37. The van der Waals surface area contributed by atoms with E-state index in [4.69, 9.17) is 11.0 Å². The molecular formula is C54H70BN3O. The van der Waals surface area contributed by atoms with Gasteiger partial charge < -0.3 is 14.2 Å². The van der Waals surface area contributed by atoms with Crippen LogP contribution in [0.2, 0.25) is 0 Å². The molecule has 1 unspecified atom stereocenters. The molecule has 4 nitrogen and oxygen atoms in total. The quantitative estimate of drug-likeness (QED) is 0.177. The van der Waals surface area contributed by atoms with Crippen molar-refractivity contribution < 1.29 is 4.42 Å². The molecule has 2 bridgehead atoms. The Morgan fingerprint density at radius 1 is 0.966 bits per heavy atom. The third kappa shape index (κ3) is 8.41. The normalized spacial score (nSPS) is 25.3. The van der Waals surface area contributed by atoms with Crippen molar-refractivity contribution in [2.75, 3.05) is 4.90 Å². The van der Waals surface area contributed by atoms with Crippen LogP contribution in [-0.4, -0.2) is 22.6 Å². The molecule has 1 fully saturated rings. The molecule has 0 saturated heterocycles. The smallest absolute Gasteiger partial charge is 0.248 e. The van der Waals surface area contributed by atoms with E-state index in [1.54, 1.807) is 0 Å². The van der Waals surface area contributed by atoms with Crippen LogP contribution in [0.3, 0.4) is 0 Å². The molecule has 8 rings (SSSR count). The highest BCUT2D eigenvalue weighted by atomic mass is 16.4. The predicted octanol–water partition coefficient (Wildman–Crippen LogP) is 14.1. The van der Waals surface area contributed by atoms with E-state index in [1.165, 1.54) is 58.8 Å². The third-order valence-corrected chi connectivity index (χ3v) is 13.6. The van der Waals surface area contributed by atoms with Crippen LogP contribution in [0.4, 0.5) is 5.88 Å². The summed E-state index contributed by atoms with van der Waals surface area (Å²) in [6.45, 7) is 36.5. The molecule has 3 heterocycles. The second-order valence-corrected chi connectivity index (χ2v) is 21.1. The van der Waals surface area contributed by atoms with Crippen molar-refractivity contribution in [3.8, 4) is 0 Å². The topological polar surface area (TPSA) is 22.9 Å². The summed E-state index contributed by atoms with van der Waals surface area (Å²) < 4.78 is 7.40. The molecule has 1 aromatic carbocycles. The second-order valence-electron chi connectivity index (χ2n) is 21.1. The van der Waals surface area contributed by atoms with Crippen molar-refractivity contribution in [1.82, 2.24) is 9.80 Å². The second kappa shape index (κ2) is 15.8. The van der Waals surface area contributed by atoms with E-state index in [1.807, 2.05) is 0 Å². The van der Waals surface area contributed by atoms with Crippen LogP contribution in [-0.2, 0) is 10.8 Å². The fourth-order valence-corrected chi connectivity index (χ4v) is 9.58. The Kier molecular flexibility index (Phi) is 11.3. The monoisotopic (exact) mass is 788 g/mol. The molecule has 0 spiro atoms. The maximum absolute atomic E-state index is 7.40. The van der Waals surface area contributed by atoms with Gasteiger partial charge in [-0.15, -0.1) is 0 Å². The number of allylic oxidation sites excluding steroid dienone is 11. The summed E-state index contributed by atoms with van der Waals surface area (Å²) in [6.07, 6.45) is 34.9. The van der Waals surface area contributed by atoms with Gasteiger partial charge in [0.15, 0.2) is 0 Å². The summed E-state index contributed by atoms with van der Waals surface area (Å²) in [4.78, 5) is 7.06. The van der Waals surface area contributed by atoms with Crippen molar-refractivity contribution in [3.05, 3.63) is 155 Å². The Labute approximate surface area is 357 Å². The summed E-state index contributed by atoms with van der Waals surface area (Å²) in [5.74, 6) is 3.37. The number of anilines is 1. The summed E-state index contributed by atoms with van der Waals surface area (Å²) in [7, 11) is 0. The molecule has 2 aliphatic heterocycles. The van der Waals surface area contributed by atoms with Gasteiger partial charge in [0.05, 0.1) is 6.04 Å². The number of furan rings is 1. The molecule has 1 saturated carbocycles. The maximum Gasteiger partial charge on any atom is 0.248 e. The van der Waals surface area contributed by atoms with Gasteiger partial charge in [-0.2, -0.15) is 0 Å². The van der Waals surface area contributed by atoms with E-state index in [2.05, 4.69) is 196 Å². The number of fused-ring (bicyclic) bond motifs is 7. The standard InChI is InChI=1S/C54H70BN3O/c1-15-30-57(41-20-17-16-18-21-41)39(5)31-47-46-36-56(35-38(4)37(2)3)40(6)34-55(46)49-43-32-44-45(54(14)28-26-53(44,13)27-29-54)33-48(43)59-50(49)58(47)42(23-25-52(10,11)12)22-19-24-51(7,8)9/h15-20,22-23,30-36,41H,2,5,21,24-29H2,1,3-4,6-14H3/b22-19-,30-15+,38-35-,42-23+,47-31+. The first-order valence-electron chi connectivity index (χ1n) is 22.2. The minimum atomic E-state index is -0.0198. The highest BCUT2D eigenvalue weighted by Crippen LogP contribution is 2.57. The Morgan fingerprint density at radius 2 is 1.63 bits per heavy atom. The zero-order chi connectivity index (χ0) is 42.7. The maximum atomic E-state index is 7.40. The lowest BCUT2D eigenvalue weighted by Gasteiger charge is -2.52. The molecule has 2 aromatic rings. The van der Waals surface area contributed by atoms with E-state index < -0.39 is 0 Å². The van der Waals surface area contributed by atoms with Gasteiger partial charge in [0, 0.05) is 52.2 Å². The van der Waals surface area contributed by atoms with Gasteiger partial charge in [0.25, 0.3) is 0 Å². The SMILES string of the molecule is C=C(C)/C(C)=C\N1C=C2B(C=C1C)c1c(oc3cc4c(cc13)C1(C)CCC4(C)CC1)N(C(/C=C\CC(C)(C)C)=C/CC(C)(C)C)/C2=C/C(=C)N(/C=C/C)C1C=CC=CC1. The molecule has 4 aliphatic carbocycles. The minimum Gasteiger partial charge on any atom is -0.440 e. The molecule has 1 aromatic heterocycles. The summed E-state index contributed by atoms with van der Waals surface area (Å²) in [5, 5.41) is 1.24. The van der Waals surface area contributed by atoms with Gasteiger partial charge in [-0.25, -0.2) is 0 Å². The van der Waals surface area contributed by atoms with Crippen molar-refractivity contribution in [2.24, 2.45) is 10.8 Å². The number of hydrogen-bond donors (Lipinski definition) is 0. The molecular weight excluding hydrogens is 717 g/mol. The average Bonchev–Trinajstić information content (AvgIpc) is 3.54. The van der Waals surface area contributed by atoms with Crippen LogP contribution in [0.1, 0.15) is 139 Å². The molecule has 0 amide bonds. The summed E-state index contributed by atoms with van der Waals surface area (Å²) in [6, 6.07) is 5.17. The van der Waals surface area contributed by atoms with Crippen LogP contribution in [0, 0.1) is 10.8 Å². The largest absolute Gasteiger partial charge is 0.440 e. The first kappa shape index (κ1) is 42.5. The summed E-state index contributed by atoms with van der Waals surface area (Å²) >= 11 is 0. The van der Waals surface area contributed by atoms with E-state index in [0.29, 0.717) is 0 Å². The number of hydrogen-bond acceptors (Lipinski definition) is 4. The average molecular weight is 788 g/mol. The Balaban J connectivity index is 1.55. The lowest BCUT2D eigenvalue weighted by molar-refractivity contribution is 0.188. The van der Waals surface area contributed by atoms with Crippen LogP contribution in [0.5, 0.6) is 0 Å². The van der Waals surface area contributed by atoms with Crippen molar-refractivity contribution in [1.29, 1.82) is 0 Å². The third-order valence-electron chi connectivity index (χ3n) is 13.6. The van der Waals surface area contributed by atoms with E-state index >= 15 is 0 Å². The zero-order valence-corrected chi connectivity index (χ0v) is 38.4. The first-order chi connectivity index (χ1) is 27.7. The Morgan fingerprint density at radius 3 is 2.22 bits per heavy atom. The Hall–Kier alpha value is -4.64. The molecule has 310 valence electrons. The molecule has 59 heavy (non-hydrogen) atoms. The van der Waals surface area contributed by atoms with Gasteiger partial charge in [0.1, 0.15) is 5.58 Å². The zero-order valence-electron chi connectivity index (χ0n) is 38.4. The van der Waals surface area contributed by atoms with E-state index in [9.17, 15) is 0 Å².